The van der Waals surface area contributed by atoms with E-state index in [4.69, 9.17) is 9.47 Å². The molecule has 0 saturated carbocycles. The highest BCUT2D eigenvalue weighted by molar-refractivity contribution is 7.87. The van der Waals surface area contributed by atoms with Crippen LogP contribution in [0.25, 0.3) is 0 Å². The molecule has 4 rings (SSSR count). The number of ether oxygens (including phenoxy) is 2. The van der Waals surface area contributed by atoms with E-state index in [1.54, 1.807) is 6.92 Å². The first-order chi connectivity index (χ1) is 21.3. The summed E-state index contributed by atoms with van der Waals surface area (Å²) >= 11 is 0. The normalized spacial score (nSPS) is 15.6. The van der Waals surface area contributed by atoms with Gasteiger partial charge in [-0.1, -0.05) is 131 Å². The van der Waals surface area contributed by atoms with Gasteiger partial charge in [0.2, 0.25) is 0 Å². The second-order valence-corrected chi connectivity index (χ2v) is 14.7. The van der Waals surface area contributed by atoms with Crippen LogP contribution in [-0.2, 0) is 14.9 Å². The topological polar surface area (TPSA) is 72.8 Å². The Kier molecular flexibility index (Phi) is 11.0. The fourth-order valence-corrected chi connectivity index (χ4v) is 6.28. The van der Waals surface area contributed by atoms with Gasteiger partial charge in [0.25, 0.3) is 10.1 Å². The van der Waals surface area contributed by atoms with Crippen molar-refractivity contribution >= 4 is 10.1 Å². The van der Waals surface area contributed by atoms with Crippen LogP contribution in [0.5, 0.6) is 5.75 Å². The van der Waals surface area contributed by atoms with Crippen molar-refractivity contribution in [2.24, 2.45) is 0 Å². The summed E-state index contributed by atoms with van der Waals surface area (Å²) < 4.78 is 46.7. The summed E-state index contributed by atoms with van der Waals surface area (Å²) in [6, 6.07) is 36.1. The van der Waals surface area contributed by atoms with Gasteiger partial charge in [-0.2, -0.15) is 8.42 Å². The summed E-state index contributed by atoms with van der Waals surface area (Å²) in [7, 11) is -4.39. The fourth-order valence-electron chi connectivity index (χ4n) is 5.69. The summed E-state index contributed by atoms with van der Waals surface area (Å²) in [5.74, 6) is 1.09. The van der Waals surface area contributed by atoms with Crippen LogP contribution in [0.15, 0.2) is 103 Å². The summed E-state index contributed by atoms with van der Waals surface area (Å²) in [4.78, 5) is -1.67. The fraction of sp³-hybridized carbons (Fsp3) is 0.385. The third kappa shape index (κ3) is 8.23. The summed E-state index contributed by atoms with van der Waals surface area (Å²) in [5.41, 5.74) is 6.34. The Labute approximate surface area is 270 Å². The van der Waals surface area contributed by atoms with Crippen LogP contribution < -0.4 is 4.74 Å². The first-order valence-electron chi connectivity index (χ1n) is 15.9. The van der Waals surface area contributed by atoms with E-state index in [1.165, 1.54) is 29.2 Å². The van der Waals surface area contributed by atoms with Gasteiger partial charge >= 0.3 is 0 Å². The van der Waals surface area contributed by atoms with Crippen molar-refractivity contribution in [2.45, 2.75) is 89.6 Å². The van der Waals surface area contributed by atoms with Gasteiger partial charge in [-0.15, -0.1) is 0 Å². The second kappa shape index (κ2) is 14.3. The van der Waals surface area contributed by atoms with Crippen LogP contribution in [-0.4, -0.2) is 30.1 Å². The van der Waals surface area contributed by atoms with Crippen molar-refractivity contribution in [3.8, 4) is 5.75 Å². The van der Waals surface area contributed by atoms with E-state index >= 15 is 0 Å². The van der Waals surface area contributed by atoms with Gasteiger partial charge < -0.3 is 9.47 Å². The lowest BCUT2D eigenvalue weighted by Gasteiger charge is -2.34. The van der Waals surface area contributed by atoms with Gasteiger partial charge in [0.1, 0.15) is 11.4 Å². The Balaban J connectivity index is 1.84. The van der Waals surface area contributed by atoms with Crippen molar-refractivity contribution < 1.29 is 22.4 Å². The molecule has 1 N–H and O–H groups in total. The second-order valence-electron chi connectivity index (χ2n) is 12.8. The molecule has 0 saturated heterocycles. The number of rotatable bonds is 14. The standard InChI is InChI=1S/C39H48O5S/c1-8-39(7,45(40,41)42)43-25-24-38(5,6)44-37-35(29(3)32-20-14-10-15-21-32)26-34(28(2)31-18-12-9-13-19-31)27-36(37)30(4)33-22-16-11-17-23-33/h9-23,26-30H,8,24-25H2,1-7H3,(H,40,41,42). The Morgan fingerprint density at radius 1 is 0.667 bits per heavy atom. The largest absolute Gasteiger partial charge is 0.487 e. The molecule has 4 atom stereocenters. The zero-order valence-electron chi connectivity index (χ0n) is 27.7. The van der Waals surface area contributed by atoms with Crippen LogP contribution in [0, 0.1) is 0 Å². The Hall–Kier alpha value is -3.45. The maximum absolute atomic E-state index is 12.0. The molecule has 0 bridgehead atoms. The van der Waals surface area contributed by atoms with E-state index in [9.17, 15) is 13.0 Å². The molecular weight excluding hydrogens is 580 g/mol. The van der Waals surface area contributed by atoms with Gasteiger partial charge in [-0.25, -0.2) is 0 Å². The van der Waals surface area contributed by atoms with Gasteiger partial charge in [0.05, 0.1) is 6.61 Å². The Bertz CT molecular complexity index is 1570. The maximum Gasteiger partial charge on any atom is 0.294 e. The molecule has 0 spiro atoms. The van der Waals surface area contributed by atoms with Crippen molar-refractivity contribution in [1.82, 2.24) is 0 Å². The zero-order chi connectivity index (χ0) is 32.8. The molecule has 0 aliphatic carbocycles. The highest BCUT2D eigenvalue weighted by Gasteiger charge is 2.38. The molecule has 0 aliphatic rings. The van der Waals surface area contributed by atoms with E-state index in [-0.39, 0.29) is 30.8 Å². The highest BCUT2D eigenvalue weighted by Crippen LogP contribution is 2.44. The molecule has 0 heterocycles. The number of benzene rings is 4. The molecule has 4 unspecified atom stereocenters. The Morgan fingerprint density at radius 3 is 1.44 bits per heavy atom. The van der Waals surface area contributed by atoms with E-state index in [1.807, 2.05) is 32.0 Å². The molecule has 0 aliphatic heterocycles. The van der Waals surface area contributed by atoms with E-state index in [2.05, 4.69) is 106 Å². The summed E-state index contributed by atoms with van der Waals surface area (Å²) in [6.45, 7) is 13.9. The molecular formula is C39H48O5S. The summed E-state index contributed by atoms with van der Waals surface area (Å²) in [5, 5.41) is 0. The molecule has 4 aromatic rings. The third-order valence-corrected chi connectivity index (χ3v) is 10.7. The summed E-state index contributed by atoms with van der Waals surface area (Å²) in [6.07, 6.45) is 0.546. The molecule has 5 nitrogen and oxygen atoms in total. The monoisotopic (exact) mass is 628 g/mol. The van der Waals surface area contributed by atoms with E-state index < -0.39 is 20.7 Å². The minimum absolute atomic E-state index is 0.0424. The smallest absolute Gasteiger partial charge is 0.294 e. The number of hydrogen-bond donors (Lipinski definition) is 1. The maximum atomic E-state index is 12.0. The predicted octanol–water partition coefficient (Wildman–Crippen LogP) is 9.72. The third-order valence-electron chi connectivity index (χ3n) is 9.18. The average molecular weight is 629 g/mol. The van der Waals surface area contributed by atoms with Gasteiger partial charge in [0, 0.05) is 35.3 Å². The lowest BCUT2D eigenvalue weighted by Crippen LogP contribution is -2.39. The molecule has 0 fully saturated rings. The van der Waals surface area contributed by atoms with Crippen LogP contribution in [0.3, 0.4) is 0 Å². The molecule has 45 heavy (non-hydrogen) atoms. The van der Waals surface area contributed by atoms with Crippen molar-refractivity contribution in [3.05, 3.63) is 137 Å². The van der Waals surface area contributed by atoms with Gasteiger partial charge in [-0.3, -0.25) is 4.55 Å². The van der Waals surface area contributed by atoms with E-state index in [0.717, 1.165) is 16.9 Å². The van der Waals surface area contributed by atoms with Crippen LogP contribution in [0.1, 0.15) is 112 Å². The quantitative estimate of drug-likeness (QED) is 0.141. The lowest BCUT2D eigenvalue weighted by molar-refractivity contribution is -0.0111. The minimum atomic E-state index is -4.39. The van der Waals surface area contributed by atoms with Crippen LogP contribution >= 0.6 is 0 Å². The van der Waals surface area contributed by atoms with Crippen molar-refractivity contribution in [3.63, 3.8) is 0 Å². The SMILES string of the molecule is CCC(C)(OCCC(C)(C)Oc1c(C(C)c2ccccc2)cc(C(C)c2ccccc2)cc1C(C)c1ccccc1)S(=O)(=O)O. The highest BCUT2D eigenvalue weighted by atomic mass is 32.2. The van der Waals surface area contributed by atoms with Crippen LogP contribution in [0.2, 0.25) is 0 Å². The van der Waals surface area contributed by atoms with Gasteiger partial charge in [0.15, 0.2) is 4.93 Å². The van der Waals surface area contributed by atoms with E-state index in [0.29, 0.717) is 6.42 Å². The average Bonchev–Trinajstić information content (AvgIpc) is 3.04. The zero-order valence-corrected chi connectivity index (χ0v) is 28.5. The first-order valence-corrected chi connectivity index (χ1v) is 17.3. The molecule has 4 aromatic carbocycles. The molecule has 0 aromatic heterocycles. The molecule has 240 valence electrons. The lowest BCUT2D eigenvalue weighted by atomic mass is 9.81. The van der Waals surface area contributed by atoms with Gasteiger partial charge in [-0.05, 0) is 49.4 Å². The molecule has 0 amide bonds. The van der Waals surface area contributed by atoms with Crippen LogP contribution in [0.4, 0.5) is 0 Å². The first kappa shape index (κ1) is 34.4. The molecule has 0 radical (unpaired) electrons. The number of hydrogen-bond acceptors (Lipinski definition) is 4. The molecule has 6 heteroatoms. The Morgan fingerprint density at radius 2 is 1.07 bits per heavy atom. The predicted molar refractivity (Wildman–Crippen MR) is 184 cm³/mol. The minimum Gasteiger partial charge on any atom is -0.487 e. The van der Waals surface area contributed by atoms with Crippen molar-refractivity contribution in [1.29, 1.82) is 0 Å². The van der Waals surface area contributed by atoms with Crippen molar-refractivity contribution in [2.75, 3.05) is 6.61 Å².